The van der Waals surface area contributed by atoms with Crippen LogP contribution in [0.4, 0.5) is 4.39 Å². The molecule has 0 saturated heterocycles. The van der Waals surface area contributed by atoms with Gasteiger partial charge < -0.3 is 10.0 Å². The zero-order valence-corrected chi connectivity index (χ0v) is 16.3. The number of hydrogen-bond acceptors (Lipinski definition) is 5. The topological polar surface area (TPSA) is 65.8 Å². The third-order valence-electron chi connectivity index (χ3n) is 4.56. The Morgan fingerprint density at radius 3 is 2.76 bits per heavy atom. The van der Waals surface area contributed by atoms with E-state index in [0.717, 1.165) is 22.0 Å². The highest BCUT2D eigenvalue weighted by atomic mass is 32.2. The molecule has 1 aromatic heterocycles. The third kappa shape index (κ3) is 4.52. The fourth-order valence-electron chi connectivity index (χ4n) is 3.01. The Morgan fingerprint density at radius 2 is 1.97 bits per heavy atom. The molecule has 0 aliphatic carbocycles. The van der Waals surface area contributed by atoms with Crippen LogP contribution in [0.3, 0.4) is 0 Å². The number of halogens is 1. The summed E-state index contributed by atoms with van der Waals surface area (Å²) in [4.78, 5) is 22.9. The van der Waals surface area contributed by atoms with E-state index in [1.165, 1.54) is 23.9 Å². The van der Waals surface area contributed by atoms with E-state index in [2.05, 4.69) is 9.98 Å². The lowest BCUT2D eigenvalue weighted by atomic mass is 10.1. The number of carbonyl (C=O) groups excluding carboxylic acids is 1. The van der Waals surface area contributed by atoms with Gasteiger partial charge in [0.25, 0.3) is 5.91 Å². The first-order chi connectivity index (χ1) is 14.1. The number of aliphatic imine (C=N–C) groups is 1. The smallest absolute Gasteiger partial charge is 0.286 e. The van der Waals surface area contributed by atoms with Gasteiger partial charge in [-0.25, -0.2) is 4.39 Å². The summed E-state index contributed by atoms with van der Waals surface area (Å²) in [5.74, 6) is -0.607. The first-order valence-electron chi connectivity index (χ1n) is 9.10. The third-order valence-corrected chi connectivity index (χ3v) is 5.60. The van der Waals surface area contributed by atoms with Gasteiger partial charge in [0.15, 0.2) is 5.17 Å². The molecular formula is C22H18FN3O2S. The van der Waals surface area contributed by atoms with Gasteiger partial charge >= 0.3 is 0 Å². The Morgan fingerprint density at radius 1 is 1.14 bits per heavy atom. The minimum atomic E-state index is -0.323. The average Bonchev–Trinajstić information content (AvgIpc) is 3.10. The van der Waals surface area contributed by atoms with Crippen LogP contribution < -0.4 is 0 Å². The molecule has 0 bridgehead atoms. The Labute approximate surface area is 171 Å². The van der Waals surface area contributed by atoms with E-state index in [0.29, 0.717) is 23.0 Å². The molecule has 1 amide bonds. The molecular weight excluding hydrogens is 389 g/mol. The number of aliphatic hydroxyl groups excluding tert-OH is 1. The summed E-state index contributed by atoms with van der Waals surface area (Å²) >= 11 is 1.24. The summed E-state index contributed by atoms with van der Waals surface area (Å²) in [6.07, 6.45) is 4.14. The maximum Gasteiger partial charge on any atom is 0.286 e. The number of thioether (sulfide) groups is 1. The van der Waals surface area contributed by atoms with Crippen LogP contribution in [0.1, 0.15) is 11.1 Å². The molecule has 2 aromatic carbocycles. The molecule has 3 aromatic rings. The van der Waals surface area contributed by atoms with Crippen molar-refractivity contribution in [3.05, 3.63) is 82.6 Å². The van der Waals surface area contributed by atoms with Crippen molar-refractivity contribution in [2.45, 2.75) is 6.42 Å². The van der Waals surface area contributed by atoms with Gasteiger partial charge in [-0.3, -0.25) is 9.78 Å². The molecule has 0 atom stereocenters. The quantitative estimate of drug-likeness (QED) is 0.514. The molecule has 1 aliphatic heterocycles. The lowest BCUT2D eigenvalue weighted by Crippen LogP contribution is -2.31. The Kier molecular flexibility index (Phi) is 5.69. The molecule has 146 valence electrons. The van der Waals surface area contributed by atoms with Crippen LogP contribution in [-0.4, -0.2) is 39.3 Å². The second kappa shape index (κ2) is 8.55. The number of hydrogen-bond donors (Lipinski definition) is 1. The van der Waals surface area contributed by atoms with Crippen molar-refractivity contribution in [1.82, 2.24) is 9.88 Å². The van der Waals surface area contributed by atoms with Crippen molar-refractivity contribution in [2.24, 2.45) is 4.99 Å². The molecule has 2 heterocycles. The van der Waals surface area contributed by atoms with Crippen molar-refractivity contribution >= 4 is 39.8 Å². The summed E-state index contributed by atoms with van der Waals surface area (Å²) in [7, 11) is 0. The van der Waals surface area contributed by atoms with Gasteiger partial charge in [-0.2, -0.15) is 4.99 Å². The first kappa shape index (κ1) is 19.3. The van der Waals surface area contributed by atoms with E-state index in [-0.39, 0.29) is 18.5 Å². The number of nitrogens with zero attached hydrogens (tertiary/aromatic N) is 3. The highest BCUT2D eigenvalue weighted by Crippen LogP contribution is 2.30. The van der Waals surface area contributed by atoms with Gasteiger partial charge in [-0.05, 0) is 65.7 Å². The maximum absolute atomic E-state index is 13.0. The SMILES string of the molecule is O=C1N=C(N(CO)CCc2ccc(F)cc2)S/C1=C\c1ccc2ncccc2c1. The summed E-state index contributed by atoms with van der Waals surface area (Å²) < 4.78 is 13.0. The highest BCUT2D eigenvalue weighted by Gasteiger charge is 2.25. The largest absolute Gasteiger partial charge is 0.376 e. The van der Waals surface area contributed by atoms with Crippen LogP contribution in [0.25, 0.3) is 17.0 Å². The molecule has 0 unspecified atom stereocenters. The van der Waals surface area contributed by atoms with Gasteiger partial charge in [-0.15, -0.1) is 0 Å². The zero-order valence-electron chi connectivity index (χ0n) is 15.5. The van der Waals surface area contributed by atoms with Crippen LogP contribution in [-0.2, 0) is 11.2 Å². The van der Waals surface area contributed by atoms with Crippen LogP contribution in [0, 0.1) is 5.82 Å². The standard InChI is InChI=1S/C22H18FN3O2S/c23-18-6-3-15(4-7-18)9-11-26(14-27)22-25-21(28)20(29-22)13-16-5-8-19-17(12-16)2-1-10-24-19/h1-8,10,12-13,27H,9,11,14H2/b20-13-. The highest BCUT2D eigenvalue weighted by molar-refractivity contribution is 8.18. The molecule has 0 saturated carbocycles. The predicted molar refractivity (Wildman–Crippen MR) is 114 cm³/mol. The lowest BCUT2D eigenvalue weighted by molar-refractivity contribution is -0.113. The van der Waals surface area contributed by atoms with Crippen molar-refractivity contribution in [1.29, 1.82) is 0 Å². The van der Waals surface area contributed by atoms with Crippen molar-refractivity contribution in [2.75, 3.05) is 13.3 Å². The van der Waals surface area contributed by atoms with Crippen molar-refractivity contribution < 1.29 is 14.3 Å². The number of fused-ring (bicyclic) bond motifs is 1. The number of amidine groups is 1. The molecule has 0 spiro atoms. The summed E-state index contributed by atoms with van der Waals surface area (Å²) in [6.45, 7) is 0.214. The first-order valence-corrected chi connectivity index (χ1v) is 9.91. The second-order valence-electron chi connectivity index (χ2n) is 6.55. The minimum Gasteiger partial charge on any atom is -0.376 e. The fraction of sp³-hybridized carbons (Fsp3) is 0.136. The lowest BCUT2D eigenvalue weighted by Gasteiger charge is -2.20. The summed E-state index contributed by atoms with van der Waals surface area (Å²) in [5.41, 5.74) is 2.73. The Bertz CT molecular complexity index is 1110. The molecule has 4 rings (SSSR count). The number of aromatic nitrogens is 1. The van der Waals surface area contributed by atoms with Gasteiger partial charge in [0, 0.05) is 18.1 Å². The molecule has 0 fully saturated rings. The van der Waals surface area contributed by atoms with Crippen LogP contribution in [0.5, 0.6) is 0 Å². The number of aliphatic hydroxyl groups is 1. The van der Waals surface area contributed by atoms with E-state index in [9.17, 15) is 14.3 Å². The van der Waals surface area contributed by atoms with Gasteiger partial charge in [-0.1, -0.05) is 24.3 Å². The van der Waals surface area contributed by atoms with E-state index in [1.54, 1.807) is 29.3 Å². The van der Waals surface area contributed by atoms with Crippen LogP contribution >= 0.6 is 11.8 Å². The van der Waals surface area contributed by atoms with E-state index in [4.69, 9.17) is 0 Å². The van der Waals surface area contributed by atoms with Crippen molar-refractivity contribution in [3.63, 3.8) is 0 Å². The Balaban J connectivity index is 1.46. The number of carbonyl (C=O) groups is 1. The Hall–Kier alpha value is -3.03. The predicted octanol–water partition coefficient (Wildman–Crippen LogP) is 3.84. The van der Waals surface area contributed by atoms with E-state index >= 15 is 0 Å². The van der Waals surface area contributed by atoms with Gasteiger partial charge in [0.05, 0.1) is 10.4 Å². The number of rotatable bonds is 5. The van der Waals surface area contributed by atoms with Crippen molar-refractivity contribution in [3.8, 4) is 0 Å². The normalized spacial score (nSPS) is 15.2. The molecule has 1 aliphatic rings. The number of pyridine rings is 1. The average molecular weight is 407 g/mol. The molecule has 1 N–H and O–H groups in total. The number of amides is 1. The van der Waals surface area contributed by atoms with E-state index in [1.807, 2.05) is 30.3 Å². The second-order valence-corrected chi connectivity index (χ2v) is 7.56. The zero-order chi connectivity index (χ0) is 20.2. The van der Waals surface area contributed by atoms with Crippen LogP contribution in [0.15, 0.2) is 70.7 Å². The molecule has 0 radical (unpaired) electrons. The molecule has 7 heteroatoms. The molecule has 29 heavy (non-hydrogen) atoms. The molecule has 5 nitrogen and oxygen atoms in total. The minimum absolute atomic E-state index is 0.255. The van der Waals surface area contributed by atoms with Gasteiger partial charge in [0.2, 0.25) is 0 Å². The van der Waals surface area contributed by atoms with Crippen LogP contribution in [0.2, 0.25) is 0 Å². The fourth-order valence-corrected chi connectivity index (χ4v) is 3.94. The van der Waals surface area contributed by atoms with Gasteiger partial charge in [0.1, 0.15) is 12.5 Å². The van der Waals surface area contributed by atoms with E-state index < -0.39 is 0 Å². The maximum atomic E-state index is 13.0. The summed E-state index contributed by atoms with van der Waals surface area (Å²) in [5, 5.41) is 11.2. The monoisotopic (exact) mass is 407 g/mol. The summed E-state index contributed by atoms with van der Waals surface area (Å²) in [6, 6.07) is 15.9. The number of benzene rings is 2.